The second-order valence-electron chi connectivity index (χ2n) is 11.7. The smallest absolute Gasteiger partial charge is 0.0783 e. The molecule has 2 nitrogen and oxygen atoms in total. The van der Waals surface area contributed by atoms with Crippen molar-refractivity contribution in [2.45, 2.75) is 12.8 Å². The van der Waals surface area contributed by atoms with E-state index in [0.29, 0.717) is 0 Å². The second-order valence-corrected chi connectivity index (χ2v) is 11.7. The molecule has 0 aliphatic heterocycles. The molecule has 184 valence electrons. The zero-order valence-electron chi connectivity index (χ0n) is 21.7. The van der Waals surface area contributed by atoms with Crippen molar-refractivity contribution in [3.8, 4) is 22.3 Å². The van der Waals surface area contributed by atoms with Crippen LogP contribution in [0, 0.1) is 0 Å². The normalized spacial score (nSPS) is 13.8. The van der Waals surface area contributed by atoms with E-state index >= 15 is 0 Å². The average Bonchev–Trinajstić information content (AvgIpc) is 3.74. The van der Waals surface area contributed by atoms with Gasteiger partial charge in [-0.2, -0.15) is 0 Å². The van der Waals surface area contributed by atoms with Crippen molar-refractivity contribution in [3.63, 3.8) is 0 Å². The lowest BCUT2D eigenvalue weighted by molar-refractivity contribution is 1.25. The predicted molar refractivity (Wildman–Crippen MR) is 166 cm³/mol. The third-order valence-electron chi connectivity index (χ3n) is 9.88. The molecule has 3 heterocycles. The number of hydrogen-bond donors (Lipinski definition) is 0. The Morgan fingerprint density at radius 1 is 0.400 bits per heavy atom. The molecule has 0 bridgehead atoms. The first kappa shape index (κ1) is 19.9. The van der Waals surface area contributed by atoms with Crippen LogP contribution in [-0.2, 0) is 12.8 Å². The fraction of sp³-hybridized carbons (Fsp3) is 0.0526. The van der Waals surface area contributed by atoms with Crippen molar-refractivity contribution in [2.75, 3.05) is 0 Å². The van der Waals surface area contributed by atoms with Gasteiger partial charge < -0.3 is 8.80 Å². The van der Waals surface area contributed by atoms with Crippen LogP contribution >= 0.6 is 0 Å². The number of rotatable bonds is 0. The fourth-order valence-electron chi connectivity index (χ4n) is 8.38. The molecule has 0 fully saturated rings. The van der Waals surface area contributed by atoms with Gasteiger partial charge in [0.25, 0.3) is 0 Å². The quantitative estimate of drug-likeness (QED) is 0.181. The first-order valence-corrected chi connectivity index (χ1v) is 14.2. The average molecular weight is 507 g/mol. The molecule has 0 amide bonds. The minimum absolute atomic E-state index is 0.996. The molecule has 40 heavy (non-hydrogen) atoms. The number of nitrogens with zero attached hydrogens (tertiary/aromatic N) is 2. The van der Waals surface area contributed by atoms with Crippen LogP contribution in [0.3, 0.4) is 0 Å². The fourth-order valence-corrected chi connectivity index (χ4v) is 8.38. The molecule has 2 aliphatic carbocycles. The molecule has 6 aromatic carbocycles. The first-order valence-electron chi connectivity index (χ1n) is 14.2. The van der Waals surface area contributed by atoms with Crippen molar-refractivity contribution in [2.24, 2.45) is 0 Å². The molecule has 0 unspecified atom stereocenters. The summed E-state index contributed by atoms with van der Waals surface area (Å²) in [4.78, 5) is 0. The molecule has 9 aromatic rings. The molecule has 11 rings (SSSR count). The van der Waals surface area contributed by atoms with Crippen molar-refractivity contribution in [1.82, 2.24) is 8.80 Å². The molecule has 0 saturated carbocycles. The summed E-state index contributed by atoms with van der Waals surface area (Å²) in [5.41, 5.74) is 19.2. The maximum Gasteiger partial charge on any atom is 0.0783 e. The van der Waals surface area contributed by atoms with Gasteiger partial charge in [-0.1, -0.05) is 91.0 Å². The topological polar surface area (TPSA) is 8.82 Å². The Kier molecular flexibility index (Phi) is 3.26. The highest BCUT2D eigenvalue weighted by molar-refractivity contribution is 6.24. The third-order valence-corrected chi connectivity index (χ3v) is 9.88. The Bertz CT molecular complexity index is 2590. The largest absolute Gasteiger partial charge is 0.305 e. The summed E-state index contributed by atoms with van der Waals surface area (Å²) in [6.07, 6.45) is 2.00. The van der Waals surface area contributed by atoms with Crippen LogP contribution in [0.15, 0.2) is 109 Å². The molecular weight excluding hydrogens is 484 g/mol. The van der Waals surface area contributed by atoms with Crippen molar-refractivity contribution in [1.29, 1.82) is 0 Å². The molecule has 0 radical (unpaired) electrons. The van der Waals surface area contributed by atoms with Crippen LogP contribution < -0.4 is 0 Å². The van der Waals surface area contributed by atoms with Gasteiger partial charge >= 0.3 is 0 Å². The number of benzene rings is 6. The molecule has 2 aliphatic rings. The highest BCUT2D eigenvalue weighted by atomic mass is 15.0. The number of hydrogen-bond acceptors (Lipinski definition) is 0. The summed E-state index contributed by atoms with van der Waals surface area (Å²) in [6.45, 7) is 0. The van der Waals surface area contributed by atoms with Crippen LogP contribution in [0.1, 0.15) is 22.3 Å². The van der Waals surface area contributed by atoms with Gasteiger partial charge in [0.1, 0.15) is 0 Å². The number of para-hydroxylation sites is 2. The van der Waals surface area contributed by atoms with Gasteiger partial charge in [-0.15, -0.1) is 0 Å². The van der Waals surface area contributed by atoms with Gasteiger partial charge in [-0.05, 0) is 70.0 Å². The Morgan fingerprint density at radius 2 is 1.10 bits per heavy atom. The van der Waals surface area contributed by atoms with Crippen LogP contribution in [0.25, 0.3) is 76.9 Å². The molecule has 0 N–H and O–H groups in total. The molecule has 0 atom stereocenters. The van der Waals surface area contributed by atoms with E-state index in [1.807, 2.05) is 0 Å². The molecule has 0 saturated heterocycles. The highest BCUT2D eigenvalue weighted by Gasteiger charge is 2.28. The second kappa shape index (κ2) is 6.55. The minimum atomic E-state index is 0.996. The summed E-state index contributed by atoms with van der Waals surface area (Å²) in [5.74, 6) is 0. The molecule has 2 heteroatoms. The summed E-state index contributed by atoms with van der Waals surface area (Å²) in [6, 6.07) is 41.2. The van der Waals surface area contributed by atoms with Crippen molar-refractivity contribution >= 4 is 54.6 Å². The van der Waals surface area contributed by atoms with E-state index in [0.717, 1.165) is 12.8 Å². The van der Waals surface area contributed by atoms with Gasteiger partial charge in [0.05, 0.1) is 33.1 Å². The van der Waals surface area contributed by atoms with E-state index in [-0.39, 0.29) is 0 Å². The van der Waals surface area contributed by atoms with E-state index in [9.17, 15) is 0 Å². The molecule has 3 aromatic heterocycles. The number of aromatic nitrogens is 2. The zero-order valence-corrected chi connectivity index (χ0v) is 21.7. The lowest BCUT2D eigenvalue weighted by Gasteiger charge is -2.12. The molecular formula is C38H22N2. The van der Waals surface area contributed by atoms with E-state index in [4.69, 9.17) is 0 Å². The maximum absolute atomic E-state index is 2.59. The summed E-state index contributed by atoms with van der Waals surface area (Å²) >= 11 is 0. The van der Waals surface area contributed by atoms with Crippen LogP contribution in [-0.4, -0.2) is 8.80 Å². The Morgan fingerprint density at radius 3 is 1.98 bits per heavy atom. The third kappa shape index (κ3) is 2.08. The predicted octanol–water partition coefficient (Wildman–Crippen LogP) is 9.38. The van der Waals surface area contributed by atoms with Crippen LogP contribution in [0.4, 0.5) is 0 Å². The van der Waals surface area contributed by atoms with Crippen molar-refractivity contribution in [3.05, 3.63) is 131 Å². The van der Waals surface area contributed by atoms with E-state index in [2.05, 4.69) is 118 Å². The summed E-state index contributed by atoms with van der Waals surface area (Å²) in [5, 5.41) is 5.44. The van der Waals surface area contributed by atoms with Gasteiger partial charge in [0.2, 0.25) is 0 Å². The zero-order chi connectivity index (χ0) is 25.7. The SMILES string of the molecule is c1ccc2c(c1)Cc1c-2ccc2c1c1cccc3c1n2c1cccc2c4ccc5c(c4n3c21)-c1ccccc1C5. The summed E-state index contributed by atoms with van der Waals surface area (Å²) in [7, 11) is 0. The van der Waals surface area contributed by atoms with E-state index < -0.39 is 0 Å². The highest BCUT2D eigenvalue weighted by Crippen LogP contribution is 2.49. The minimum Gasteiger partial charge on any atom is -0.305 e. The summed E-state index contributed by atoms with van der Waals surface area (Å²) < 4.78 is 5.15. The van der Waals surface area contributed by atoms with E-state index in [1.165, 1.54) is 99.2 Å². The first-order chi connectivity index (χ1) is 19.9. The van der Waals surface area contributed by atoms with E-state index in [1.54, 1.807) is 0 Å². The Hall–Kier alpha value is -5.08. The van der Waals surface area contributed by atoms with Gasteiger partial charge in [-0.25, -0.2) is 0 Å². The molecule has 0 spiro atoms. The number of fused-ring (bicyclic) bond motifs is 16. The van der Waals surface area contributed by atoms with Crippen LogP contribution in [0.5, 0.6) is 0 Å². The monoisotopic (exact) mass is 506 g/mol. The maximum atomic E-state index is 2.59. The van der Waals surface area contributed by atoms with Crippen LogP contribution in [0.2, 0.25) is 0 Å². The standard InChI is InChI=1S/C38H22N2/c1-3-9-24-22(8-1)20-30-26(24)17-18-31-35(30)29-12-6-14-33-37(29)39(31)32-13-5-11-27-28-16-15-23-19-21-7-2-4-10-25(21)34(23)38(28)40(33)36(27)32/h1-18H,19-20H2. The van der Waals surface area contributed by atoms with Gasteiger partial charge in [-0.3, -0.25) is 0 Å². The van der Waals surface area contributed by atoms with Gasteiger partial charge in [0.15, 0.2) is 0 Å². The Balaban J connectivity index is 1.41. The Labute approximate surface area is 229 Å². The lowest BCUT2D eigenvalue weighted by Crippen LogP contribution is -1.97. The lowest BCUT2D eigenvalue weighted by atomic mass is 10.0. The van der Waals surface area contributed by atoms with Gasteiger partial charge in [0, 0.05) is 27.1 Å². The van der Waals surface area contributed by atoms with Crippen molar-refractivity contribution < 1.29 is 0 Å².